The lowest BCUT2D eigenvalue weighted by Gasteiger charge is -2.36. The Morgan fingerprint density at radius 3 is 2.33 bits per heavy atom. The fourth-order valence-electron chi connectivity index (χ4n) is 4.39. The number of amides is 1. The van der Waals surface area contributed by atoms with Gasteiger partial charge in [0.15, 0.2) is 0 Å². The molecule has 24 heavy (non-hydrogen) atoms. The smallest absolute Gasteiger partial charge is 0.225 e. The summed E-state index contributed by atoms with van der Waals surface area (Å²) >= 11 is 0. The van der Waals surface area contributed by atoms with Gasteiger partial charge >= 0.3 is 0 Å². The molecular weight excluding hydrogens is 298 g/mol. The summed E-state index contributed by atoms with van der Waals surface area (Å²) in [6, 6.07) is 8.80. The molecule has 3 nitrogen and oxygen atoms in total. The Labute approximate surface area is 146 Å². The Kier molecular flexibility index (Phi) is 5.00. The van der Waals surface area contributed by atoms with Crippen LogP contribution in [0, 0.1) is 5.92 Å². The minimum atomic E-state index is -0.268. The van der Waals surface area contributed by atoms with Gasteiger partial charge in [-0.05, 0) is 54.6 Å². The predicted molar refractivity (Wildman–Crippen MR) is 97.0 cm³/mol. The SMILES string of the molecule is CC(C)(C)c1ccccc1C1CCN(C(=O)[C@@H]2CC[C@H](O)C2)CC1. The van der Waals surface area contributed by atoms with Crippen molar-refractivity contribution in [2.45, 2.75) is 70.3 Å². The summed E-state index contributed by atoms with van der Waals surface area (Å²) in [6.45, 7) is 8.53. The van der Waals surface area contributed by atoms with E-state index in [2.05, 4.69) is 45.0 Å². The highest BCUT2D eigenvalue weighted by molar-refractivity contribution is 5.79. The van der Waals surface area contributed by atoms with Crippen molar-refractivity contribution in [3.63, 3.8) is 0 Å². The van der Waals surface area contributed by atoms with E-state index in [-0.39, 0.29) is 23.3 Å². The summed E-state index contributed by atoms with van der Waals surface area (Å²) in [6.07, 6.45) is 4.13. The Balaban J connectivity index is 1.65. The first-order valence-electron chi connectivity index (χ1n) is 9.42. The molecule has 0 aromatic heterocycles. The third kappa shape index (κ3) is 3.66. The van der Waals surface area contributed by atoms with E-state index < -0.39 is 0 Å². The van der Waals surface area contributed by atoms with Crippen LogP contribution in [0.5, 0.6) is 0 Å². The molecule has 1 saturated carbocycles. The van der Waals surface area contributed by atoms with Gasteiger partial charge in [-0.3, -0.25) is 4.79 Å². The summed E-state index contributed by atoms with van der Waals surface area (Å²) in [7, 11) is 0. The molecule has 1 heterocycles. The minimum Gasteiger partial charge on any atom is -0.393 e. The van der Waals surface area contributed by atoms with E-state index in [1.807, 2.05) is 4.90 Å². The van der Waals surface area contributed by atoms with Crippen LogP contribution < -0.4 is 0 Å². The van der Waals surface area contributed by atoms with Crippen LogP contribution in [0.4, 0.5) is 0 Å². The molecule has 2 atom stereocenters. The van der Waals surface area contributed by atoms with E-state index in [1.165, 1.54) is 11.1 Å². The lowest BCUT2D eigenvalue weighted by atomic mass is 9.77. The first-order chi connectivity index (χ1) is 11.4. The second-order valence-corrected chi connectivity index (χ2v) is 8.60. The number of rotatable bonds is 2. The quantitative estimate of drug-likeness (QED) is 0.895. The predicted octanol–water partition coefficient (Wildman–Crippen LogP) is 3.85. The number of hydrogen-bond acceptors (Lipinski definition) is 2. The van der Waals surface area contributed by atoms with Crippen molar-refractivity contribution in [3.05, 3.63) is 35.4 Å². The molecule has 2 aliphatic rings. The second-order valence-electron chi connectivity index (χ2n) is 8.60. The Hall–Kier alpha value is -1.35. The molecule has 132 valence electrons. The highest BCUT2D eigenvalue weighted by Gasteiger charge is 2.34. The average Bonchev–Trinajstić information content (AvgIpc) is 3.00. The van der Waals surface area contributed by atoms with Gasteiger partial charge in [-0.2, -0.15) is 0 Å². The van der Waals surface area contributed by atoms with Gasteiger partial charge in [0.1, 0.15) is 0 Å². The molecule has 1 aromatic rings. The van der Waals surface area contributed by atoms with Crippen molar-refractivity contribution in [2.75, 3.05) is 13.1 Å². The molecule has 0 unspecified atom stereocenters. The number of nitrogens with zero attached hydrogens (tertiary/aromatic N) is 1. The minimum absolute atomic E-state index is 0.0541. The van der Waals surface area contributed by atoms with Gasteiger partial charge in [-0.15, -0.1) is 0 Å². The largest absolute Gasteiger partial charge is 0.393 e. The van der Waals surface area contributed by atoms with Crippen LogP contribution in [0.2, 0.25) is 0 Å². The second kappa shape index (κ2) is 6.87. The van der Waals surface area contributed by atoms with Gasteiger partial charge in [0.05, 0.1) is 6.10 Å². The summed E-state index contributed by atoms with van der Waals surface area (Å²) in [5, 5.41) is 9.67. The molecule has 1 aromatic carbocycles. The molecule has 3 rings (SSSR count). The molecule has 1 aliphatic heterocycles. The van der Waals surface area contributed by atoms with Crippen LogP contribution in [0.3, 0.4) is 0 Å². The zero-order chi connectivity index (χ0) is 17.3. The number of carbonyl (C=O) groups excluding carboxylic acids is 1. The molecule has 0 spiro atoms. The van der Waals surface area contributed by atoms with Crippen LogP contribution >= 0.6 is 0 Å². The van der Waals surface area contributed by atoms with Gasteiger partial charge in [0.25, 0.3) is 0 Å². The van der Waals surface area contributed by atoms with Gasteiger partial charge in [-0.1, -0.05) is 45.0 Å². The number of aliphatic hydroxyl groups is 1. The molecule has 1 amide bonds. The lowest BCUT2D eigenvalue weighted by molar-refractivity contribution is -0.136. The van der Waals surface area contributed by atoms with Crippen molar-refractivity contribution in [1.82, 2.24) is 4.90 Å². The third-order valence-electron chi connectivity index (χ3n) is 5.77. The fourth-order valence-corrected chi connectivity index (χ4v) is 4.39. The number of hydrogen-bond donors (Lipinski definition) is 1. The van der Waals surface area contributed by atoms with E-state index in [1.54, 1.807) is 0 Å². The molecule has 1 saturated heterocycles. The summed E-state index contributed by atoms with van der Waals surface area (Å²) in [4.78, 5) is 14.7. The van der Waals surface area contributed by atoms with Gasteiger partial charge in [0.2, 0.25) is 5.91 Å². The van der Waals surface area contributed by atoms with Gasteiger partial charge in [-0.25, -0.2) is 0 Å². The van der Waals surface area contributed by atoms with E-state index in [0.717, 1.165) is 38.8 Å². The number of piperidine rings is 1. The van der Waals surface area contributed by atoms with Crippen molar-refractivity contribution in [2.24, 2.45) is 5.92 Å². The van der Waals surface area contributed by atoms with Crippen LogP contribution in [-0.2, 0) is 10.2 Å². The average molecular weight is 329 g/mol. The molecule has 3 heteroatoms. The third-order valence-corrected chi connectivity index (χ3v) is 5.77. The van der Waals surface area contributed by atoms with Crippen LogP contribution in [0.1, 0.15) is 69.9 Å². The maximum Gasteiger partial charge on any atom is 0.225 e. The van der Waals surface area contributed by atoms with Crippen molar-refractivity contribution in [1.29, 1.82) is 0 Å². The topological polar surface area (TPSA) is 40.5 Å². The van der Waals surface area contributed by atoms with Crippen molar-refractivity contribution in [3.8, 4) is 0 Å². The summed E-state index contributed by atoms with van der Waals surface area (Å²) in [5.74, 6) is 0.881. The van der Waals surface area contributed by atoms with E-state index in [4.69, 9.17) is 0 Å². The van der Waals surface area contributed by atoms with Gasteiger partial charge in [0, 0.05) is 19.0 Å². The monoisotopic (exact) mass is 329 g/mol. The number of likely N-dealkylation sites (tertiary alicyclic amines) is 1. The fraction of sp³-hybridized carbons (Fsp3) is 0.667. The Morgan fingerprint density at radius 1 is 1.08 bits per heavy atom. The van der Waals surface area contributed by atoms with E-state index in [0.29, 0.717) is 12.3 Å². The van der Waals surface area contributed by atoms with Crippen LogP contribution in [-0.4, -0.2) is 35.1 Å². The first kappa shape index (κ1) is 17.5. The summed E-state index contributed by atoms with van der Waals surface area (Å²) < 4.78 is 0. The zero-order valence-corrected chi connectivity index (χ0v) is 15.3. The van der Waals surface area contributed by atoms with Crippen LogP contribution in [0.15, 0.2) is 24.3 Å². The number of benzene rings is 1. The van der Waals surface area contributed by atoms with Crippen LogP contribution in [0.25, 0.3) is 0 Å². The lowest BCUT2D eigenvalue weighted by Crippen LogP contribution is -2.41. The van der Waals surface area contributed by atoms with E-state index in [9.17, 15) is 9.90 Å². The first-order valence-corrected chi connectivity index (χ1v) is 9.42. The van der Waals surface area contributed by atoms with Crippen molar-refractivity contribution < 1.29 is 9.90 Å². The molecular formula is C21H31NO2. The maximum atomic E-state index is 12.6. The van der Waals surface area contributed by atoms with E-state index >= 15 is 0 Å². The highest BCUT2D eigenvalue weighted by atomic mass is 16.3. The Morgan fingerprint density at radius 2 is 1.75 bits per heavy atom. The molecule has 0 radical (unpaired) electrons. The standard InChI is InChI=1S/C21H31NO2/c1-21(2,3)19-7-5-4-6-18(19)15-10-12-22(13-11-15)20(24)16-8-9-17(23)14-16/h4-7,15-17,23H,8-14H2,1-3H3/t16-,17+/m1/s1. The molecule has 1 N–H and O–H groups in total. The summed E-state index contributed by atoms with van der Waals surface area (Å²) in [5.41, 5.74) is 3.06. The normalized spacial score (nSPS) is 25.9. The molecule has 2 fully saturated rings. The molecule has 1 aliphatic carbocycles. The number of carbonyl (C=O) groups is 1. The zero-order valence-electron chi connectivity index (χ0n) is 15.3. The Bertz CT molecular complexity index is 582. The maximum absolute atomic E-state index is 12.6. The van der Waals surface area contributed by atoms with Crippen molar-refractivity contribution >= 4 is 5.91 Å². The highest BCUT2D eigenvalue weighted by Crippen LogP contribution is 2.36. The molecule has 0 bridgehead atoms. The number of aliphatic hydroxyl groups excluding tert-OH is 1. The van der Waals surface area contributed by atoms with Gasteiger partial charge < -0.3 is 10.0 Å².